The highest BCUT2D eigenvalue weighted by atomic mass is 35.5. The highest BCUT2D eigenvalue weighted by Gasteiger charge is 2.35. The second-order valence-electron chi connectivity index (χ2n) is 4.99. The van der Waals surface area contributed by atoms with Crippen molar-refractivity contribution in [3.63, 3.8) is 0 Å². The molecule has 0 bridgehead atoms. The van der Waals surface area contributed by atoms with Crippen LogP contribution in [0, 0.1) is 6.92 Å². The van der Waals surface area contributed by atoms with Crippen molar-refractivity contribution in [3.8, 4) is 0 Å². The highest BCUT2D eigenvalue weighted by molar-refractivity contribution is 6.30. The predicted molar refractivity (Wildman–Crippen MR) is 84.0 cm³/mol. The van der Waals surface area contributed by atoms with E-state index in [-0.39, 0.29) is 11.3 Å². The minimum Gasteiger partial charge on any atom is -0.339 e. The number of nitrogens with zero attached hydrogens (tertiary/aromatic N) is 2. The molecule has 0 unspecified atom stereocenters. The number of nitrogens with one attached hydrogen (secondary N) is 1. The SMILES string of the molecule is Cc1ccc(Cl)cc1Nc1nc(C(F)(F)F)nc2ccccc12. The Kier molecular flexibility index (Phi) is 3.85. The molecule has 0 fully saturated rings. The molecule has 0 saturated heterocycles. The maximum Gasteiger partial charge on any atom is 0.451 e. The van der Waals surface area contributed by atoms with Gasteiger partial charge in [0.1, 0.15) is 5.82 Å². The van der Waals surface area contributed by atoms with Gasteiger partial charge in [-0.2, -0.15) is 13.2 Å². The van der Waals surface area contributed by atoms with Crippen LogP contribution in [-0.2, 0) is 6.18 Å². The summed E-state index contributed by atoms with van der Waals surface area (Å²) >= 11 is 5.95. The Morgan fingerprint density at radius 2 is 1.78 bits per heavy atom. The number of para-hydroxylation sites is 1. The van der Waals surface area contributed by atoms with Crippen LogP contribution < -0.4 is 5.32 Å². The molecule has 7 heteroatoms. The summed E-state index contributed by atoms with van der Waals surface area (Å²) in [5.41, 5.74) is 1.65. The molecule has 23 heavy (non-hydrogen) atoms. The number of benzene rings is 2. The quantitative estimate of drug-likeness (QED) is 0.684. The second kappa shape index (κ2) is 5.70. The number of halogens is 4. The van der Waals surface area contributed by atoms with Crippen molar-refractivity contribution in [3.05, 3.63) is 58.9 Å². The molecular weight excluding hydrogens is 327 g/mol. The third-order valence-electron chi connectivity index (χ3n) is 3.31. The van der Waals surface area contributed by atoms with E-state index in [4.69, 9.17) is 11.6 Å². The third-order valence-corrected chi connectivity index (χ3v) is 3.54. The van der Waals surface area contributed by atoms with Gasteiger partial charge in [0.05, 0.1) is 5.52 Å². The lowest BCUT2D eigenvalue weighted by molar-refractivity contribution is -0.144. The van der Waals surface area contributed by atoms with Crippen LogP contribution >= 0.6 is 11.6 Å². The molecule has 0 amide bonds. The van der Waals surface area contributed by atoms with Crippen LogP contribution in [-0.4, -0.2) is 9.97 Å². The molecular formula is C16H11ClF3N3. The number of hydrogen-bond donors (Lipinski definition) is 1. The van der Waals surface area contributed by atoms with Gasteiger partial charge in [-0.05, 0) is 36.8 Å². The number of hydrogen-bond acceptors (Lipinski definition) is 3. The lowest BCUT2D eigenvalue weighted by Crippen LogP contribution is -2.12. The molecule has 0 aliphatic carbocycles. The Morgan fingerprint density at radius 3 is 2.52 bits per heavy atom. The Bertz CT molecular complexity index is 878. The average molecular weight is 338 g/mol. The summed E-state index contributed by atoms with van der Waals surface area (Å²) in [5, 5.41) is 3.91. The molecule has 1 heterocycles. The first-order valence-electron chi connectivity index (χ1n) is 6.72. The number of aryl methyl sites for hydroxylation is 1. The molecule has 3 aromatic rings. The van der Waals surface area contributed by atoms with Crippen molar-refractivity contribution in [1.29, 1.82) is 0 Å². The topological polar surface area (TPSA) is 37.8 Å². The van der Waals surface area contributed by atoms with Crippen LogP contribution in [0.5, 0.6) is 0 Å². The number of alkyl halides is 3. The van der Waals surface area contributed by atoms with Gasteiger partial charge in [-0.1, -0.05) is 29.8 Å². The normalized spacial score (nSPS) is 11.7. The molecule has 0 radical (unpaired) electrons. The van der Waals surface area contributed by atoms with Crippen molar-refractivity contribution in [1.82, 2.24) is 9.97 Å². The number of rotatable bonds is 2. The average Bonchev–Trinajstić information content (AvgIpc) is 2.50. The van der Waals surface area contributed by atoms with Gasteiger partial charge in [0.15, 0.2) is 0 Å². The summed E-state index contributed by atoms with van der Waals surface area (Å²) in [6.07, 6.45) is -4.62. The monoisotopic (exact) mass is 337 g/mol. The van der Waals surface area contributed by atoms with E-state index in [2.05, 4.69) is 15.3 Å². The summed E-state index contributed by atoms with van der Waals surface area (Å²) in [5.74, 6) is -1.09. The number of fused-ring (bicyclic) bond motifs is 1. The molecule has 3 nitrogen and oxygen atoms in total. The zero-order valence-corrected chi connectivity index (χ0v) is 12.7. The fourth-order valence-corrected chi connectivity index (χ4v) is 2.33. The Labute approximate surface area is 135 Å². The van der Waals surface area contributed by atoms with Gasteiger partial charge in [0.25, 0.3) is 0 Å². The van der Waals surface area contributed by atoms with E-state index < -0.39 is 12.0 Å². The van der Waals surface area contributed by atoms with E-state index in [1.807, 2.05) is 6.92 Å². The van der Waals surface area contributed by atoms with E-state index in [0.717, 1.165) is 5.56 Å². The van der Waals surface area contributed by atoms with Crippen molar-refractivity contribution in [2.24, 2.45) is 0 Å². The minimum absolute atomic E-state index is 0.0910. The van der Waals surface area contributed by atoms with E-state index in [9.17, 15) is 13.2 Å². The van der Waals surface area contributed by atoms with Gasteiger partial charge >= 0.3 is 6.18 Å². The largest absolute Gasteiger partial charge is 0.451 e. The van der Waals surface area contributed by atoms with Crippen molar-refractivity contribution in [2.75, 3.05) is 5.32 Å². The van der Waals surface area contributed by atoms with Gasteiger partial charge in [0.2, 0.25) is 5.82 Å². The van der Waals surface area contributed by atoms with Crippen LogP contribution in [0.4, 0.5) is 24.7 Å². The van der Waals surface area contributed by atoms with Gasteiger partial charge in [0, 0.05) is 16.1 Å². The maximum atomic E-state index is 13.0. The van der Waals surface area contributed by atoms with E-state index >= 15 is 0 Å². The lowest BCUT2D eigenvalue weighted by atomic mass is 10.2. The summed E-state index contributed by atoms with van der Waals surface area (Å²) in [4.78, 5) is 7.23. The third kappa shape index (κ3) is 3.22. The van der Waals surface area contributed by atoms with Crippen LogP contribution in [0.1, 0.15) is 11.4 Å². The Morgan fingerprint density at radius 1 is 1.04 bits per heavy atom. The fourth-order valence-electron chi connectivity index (χ4n) is 2.16. The number of anilines is 2. The molecule has 0 atom stereocenters. The fraction of sp³-hybridized carbons (Fsp3) is 0.125. The standard InChI is InChI=1S/C16H11ClF3N3/c1-9-6-7-10(17)8-13(9)21-14-11-4-2-3-5-12(11)22-15(23-14)16(18,19)20/h2-8H,1H3,(H,21,22,23). The van der Waals surface area contributed by atoms with Crippen LogP contribution in [0.3, 0.4) is 0 Å². The summed E-state index contributed by atoms with van der Waals surface area (Å²) in [6, 6.07) is 11.7. The Balaban J connectivity index is 2.17. The van der Waals surface area contributed by atoms with E-state index in [0.29, 0.717) is 16.1 Å². The molecule has 1 N–H and O–H groups in total. The summed E-state index contributed by atoms with van der Waals surface area (Å²) < 4.78 is 39.0. The predicted octanol–water partition coefficient (Wildman–Crippen LogP) is 5.35. The molecule has 3 rings (SSSR count). The zero-order valence-electron chi connectivity index (χ0n) is 11.9. The first-order chi connectivity index (χ1) is 10.8. The molecule has 2 aromatic carbocycles. The lowest BCUT2D eigenvalue weighted by Gasteiger charge is -2.14. The van der Waals surface area contributed by atoms with Gasteiger partial charge in [-0.25, -0.2) is 9.97 Å². The molecule has 118 valence electrons. The summed E-state index contributed by atoms with van der Waals surface area (Å²) in [7, 11) is 0. The van der Waals surface area contributed by atoms with Crippen molar-refractivity contribution >= 4 is 34.0 Å². The van der Waals surface area contributed by atoms with Crippen molar-refractivity contribution in [2.45, 2.75) is 13.1 Å². The first-order valence-corrected chi connectivity index (χ1v) is 7.09. The first kappa shape index (κ1) is 15.6. The molecule has 0 spiro atoms. The molecule has 0 saturated carbocycles. The zero-order chi connectivity index (χ0) is 16.6. The number of aromatic nitrogens is 2. The van der Waals surface area contributed by atoms with E-state index in [1.54, 1.807) is 36.4 Å². The van der Waals surface area contributed by atoms with Crippen LogP contribution in [0.15, 0.2) is 42.5 Å². The minimum atomic E-state index is -4.62. The molecule has 0 aliphatic heterocycles. The van der Waals surface area contributed by atoms with E-state index in [1.165, 1.54) is 6.07 Å². The highest BCUT2D eigenvalue weighted by Crippen LogP contribution is 2.32. The molecule has 0 aliphatic rings. The van der Waals surface area contributed by atoms with Crippen molar-refractivity contribution < 1.29 is 13.2 Å². The van der Waals surface area contributed by atoms with Gasteiger partial charge < -0.3 is 5.32 Å². The smallest absolute Gasteiger partial charge is 0.339 e. The maximum absolute atomic E-state index is 13.0. The Hall–Kier alpha value is -2.34. The second-order valence-corrected chi connectivity index (χ2v) is 5.43. The summed E-state index contributed by atoms with van der Waals surface area (Å²) in [6.45, 7) is 1.83. The van der Waals surface area contributed by atoms with Gasteiger partial charge in [-0.15, -0.1) is 0 Å². The van der Waals surface area contributed by atoms with Gasteiger partial charge in [-0.3, -0.25) is 0 Å². The molecule has 1 aromatic heterocycles. The van der Waals surface area contributed by atoms with Crippen LogP contribution in [0.25, 0.3) is 10.9 Å². The van der Waals surface area contributed by atoms with Crippen LogP contribution in [0.2, 0.25) is 5.02 Å².